The maximum absolute atomic E-state index is 12.2. The second-order valence-electron chi connectivity index (χ2n) is 5.10. The van der Waals surface area contributed by atoms with Gasteiger partial charge < -0.3 is 10.6 Å². The van der Waals surface area contributed by atoms with Gasteiger partial charge in [0.05, 0.1) is 5.51 Å². The minimum Gasteiger partial charge on any atom is -0.337 e. The largest absolute Gasteiger partial charge is 0.337 e. The lowest BCUT2D eigenvalue weighted by Gasteiger charge is -2.29. The lowest BCUT2D eigenvalue weighted by molar-refractivity contribution is 0.0778. The summed E-state index contributed by atoms with van der Waals surface area (Å²) in [6.45, 7) is 1.69. The fourth-order valence-corrected chi connectivity index (χ4v) is 3.69. The van der Waals surface area contributed by atoms with Crippen LogP contribution in [-0.4, -0.2) is 34.9 Å². The molecule has 1 aliphatic heterocycles. The third-order valence-electron chi connectivity index (χ3n) is 4.09. The van der Waals surface area contributed by atoms with E-state index in [-0.39, 0.29) is 36.8 Å². The normalized spacial score (nSPS) is 29.1. The Kier molecular flexibility index (Phi) is 6.05. The van der Waals surface area contributed by atoms with Crippen LogP contribution in [0.2, 0.25) is 0 Å². The lowest BCUT2D eigenvalue weighted by Crippen LogP contribution is -2.38. The fourth-order valence-electron chi connectivity index (χ4n) is 3.16. The molecule has 1 saturated carbocycles. The number of hydrogen-bond acceptors (Lipinski definition) is 4. The van der Waals surface area contributed by atoms with Gasteiger partial charge in [-0.2, -0.15) is 0 Å². The summed E-state index contributed by atoms with van der Waals surface area (Å²) in [6.07, 6.45) is 3.54. The van der Waals surface area contributed by atoms with Crippen molar-refractivity contribution < 1.29 is 4.79 Å². The van der Waals surface area contributed by atoms with Gasteiger partial charge in [-0.05, 0) is 24.7 Å². The molecular formula is C12H19Cl2N3OS. The molecule has 3 rings (SSSR count). The van der Waals surface area contributed by atoms with Crippen molar-refractivity contribution in [3.8, 4) is 0 Å². The zero-order chi connectivity index (χ0) is 11.8. The number of carbonyl (C=O) groups excluding carboxylic acids is 1. The van der Waals surface area contributed by atoms with Crippen LogP contribution in [0.4, 0.5) is 0 Å². The van der Waals surface area contributed by atoms with E-state index >= 15 is 0 Å². The molecule has 108 valence electrons. The van der Waals surface area contributed by atoms with E-state index in [1.807, 2.05) is 10.3 Å². The Balaban J connectivity index is 0.000000902. The number of rotatable bonds is 1. The molecule has 0 aromatic carbocycles. The number of aromatic nitrogens is 1. The van der Waals surface area contributed by atoms with Gasteiger partial charge in [0.1, 0.15) is 5.69 Å². The number of nitrogens with two attached hydrogens (primary N) is 1. The van der Waals surface area contributed by atoms with Crippen LogP contribution in [0.25, 0.3) is 0 Å². The Bertz CT molecular complexity index is 415. The molecule has 0 bridgehead atoms. The molecule has 2 N–H and O–H groups in total. The lowest BCUT2D eigenvalue weighted by atomic mass is 9.78. The topological polar surface area (TPSA) is 59.2 Å². The summed E-state index contributed by atoms with van der Waals surface area (Å²) < 4.78 is 0. The third-order valence-corrected chi connectivity index (χ3v) is 4.68. The molecule has 2 fully saturated rings. The number of hydrogen-bond donors (Lipinski definition) is 1. The predicted octanol–water partition coefficient (Wildman–Crippen LogP) is 2.19. The molecule has 2 heterocycles. The van der Waals surface area contributed by atoms with Crippen molar-refractivity contribution in [2.24, 2.45) is 17.6 Å². The highest BCUT2D eigenvalue weighted by Gasteiger charge is 2.40. The minimum atomic E-state index is 0. The Morgan fingerprint density at radius 3 is 2.79 bits per heavy atom. The van der Waals surface area contributed by atoms with Crippen LogP contribution in [0.3, 0.4) is 0 Å². The van der Waals surface area contributed by atoms with E-state index in [0.717, 1.165) is 19.5 Å². The Morgan fingerprint density at radius 2 is 2.16 bits per heavy atom. The molecule has 4 nitrogen and oxygen atoms in total. The van der Waals surface area contributed by atoms with Crippen LogP contribution < -0.4 is 5.73 Å². The molecule has 1 aliphatic carbocycles. The number of fused-ring (bicyclic) bond motifs is 1. The first kappa shape index (κ1) is 16.7. The van der Waals surface area contributed by atoms with Crippen molar-refractivity contribution in [2.45, 2.75) is 25.3 Å². The Labute approximate surface area is 129 Å². The summed E-state index contributed by atoms with van der Waals surface area (Å²) in [7, 11) is 0. The van der Waals surface area contributed by atoms with Crippen LogP contribution in [0.1, 0.15) is 29.8 Å². The second kappa shape index (κ2) is 6.88. The summed E-state index contributed by atoms with van der Waals surface area (Å²) >= 11 is 1.47. The number of amides is 1. The highest BCUT2D eigenvalue weighted by Crippen LogP contribution is 2.35. The molecule has 19 heavy (non-hydrogen) atoms. The van der Waals surface area contributed by atoms with E-state index in [4.69, 9.17) is 5.73 Å². The third kappa shape index (κ3) is 3.21. The standard InChI is InChI=1S/C12H17N3OS.2ClH/c13-10-3-1-2-8-4-15(5-9(8)10)12(16)11-6-17-7-14-11;;/h6-10H,1-5,13H2;2*1H. The first-order valence-corrected chi connectivity index (χ1v) is 7.13. The maximum Gasteiger partial charge on any atom is 0.273 e. The van der Waals surface area contributed by atoms with Crippen LogP contribution in [0, 0.1) is 11.8 Å². The molecule has 2 aliphatic rings. The van der Waals surface area contributed by atoms with Gasteiger partial charge in [-0.3, -0.25) is 4.79 Å². The molecule has 1 saturated heterocycles. The molecule has 3 atom stereocenters. The number of thiazole rings is 1. The quantitative estimate of drug-likeness (QED) is 0.861. The van der Waals surface area contributed by atoms with Crippen molar-refractivity contribution >= 4 is 42.1 Å². The average molecular weight is 324 g/mol. The van der Waals surface area contributed by atoms with Gasteiger partial charge in [0.25, 0.3) is 5.91 Å². The Morgan fingerprint density at radius 1 is 1.37 bits per heavy atom. The highest BCUT2D eigenvalue weighted by molar-refractivity contribution is 7.07. The second-order valence-corrected chi connectivity index (χ2v) is 5.82. The predicted molar refractivity (Wildman–Crippen MR) is 81.3 cm³/mol. The van der Waals surface area contributed by atoms with Gasteiger partial charge in [0.15, 0.2) is 0 Å². The molecule has 1 aromatic rings. The van der Waals surface area contributed by atoms with E-state index < -0.39 is 0 Å². The number of nitrogens with zero attached hydrogens (tertiary/aromatic N) is 2. The van der Waals surface area contributed by atoms with E-state index in [2.05, 4.69) is 4.98 Å². The Hall–Kier alpha value is -0.360. The van der Waals surface area contributed by atoms with Crippen molar-refractivity contribution in [1.29, 1.82) is 0 Å². The van der Waals surface area contributed by atoms with E-state index in [1.54, 1.807) is 5.51 Å². The van der Waals surface area contributed by atoms with Crippen LogP contribution in [0.5, 0.6) is 0 Å². The summed E-state index contributed by atoms with van der Waals surface area (Å²) in [5, 5.41) is 1.82. The van der Waals surface area contributed by atoms with E-state index in [1.165, 1.54) is 24.2 Å². The first-order chi connectivity index (χ1) is 8.25. The molecule has 3 unspecified atom stereocenters. The molecule has 1 amide bonds. The van der Waals surface area contributed by atoms with Gasteiger partial charge in [0.2, 0.25) is 0 Å². The zero-order valence-corrected chi connectivity index (χ0v) is 13.0. The van der Waals surface area contributed by atoms with Crippen molar-refractivity contribution in [2.75, 3.05) is 13.1 Å². The minimum absolute atomic E-state index is 0. The smallest absolute Gasteiger partial charge is 0.273 e. The molecule has 1 aromatic heterocycles. The SMILES string of the molecule is Cl.Cl.NC1CCCC2CN(C(=O)c3cscn3)CC12. The van der Waals surface area contributed by atoms with Gasteiger partial charge in [-0.25, -0.2) is 4.98 Å². The summed E-state index contributed by atoms with van der Waals surface area (Å²) in [6, 6.07) is 0.280. The zero-order valence-electron chi connectivity index (χ0n) is 10.5. The van der Waals surface area contributed by atoms with Gasteiger partial charge >= 0.3 is 0 Å². The van der Waals surface area contributed by atoms with Crippen LogP contribution >= 0.6 is 36.2 Å². The van der Waals surface area contributed by atoms with E-state index in [9.17, 15) is 4.79 Å². The van der Waals surface area contributed by atoms with Crippen LogP contribution in [0.15, 0.2) is 10.9 Å². The number of halogens is 2. The fraction of sp³-hybridized carbons (Fsp3) is 0.667. The van der Waals surface area contributed by atoms with Crippen molar-refractivity contribution in [1.82, 2.24) is 9.88 Å². The monoisotopic (exact) mass is 323 g/mol. The first-order valence-electron chi connectivity index (χ1n) is 6.19. The molecule has 0 radical (unpaired) electrons. The summed E-state index contributed by atoms with van der Waals surface area (Å²) in [4.78, 5) is 18.2. The number of carbonyl (C=O) groups is 1. The average Bonchev–Trinajstić information content (AvgIpc) is 2.98. The summed E-state index contributed by atoms with van der Waals surface area (Å²) in [5.41, 5.74) is 8.45. The molecule has 7 heteroatoms. The molecule has 0 spiro atoms. The summed E-state index contributed by atoms with van der Waals surface area (Å²) in [5.74, 6) is 1.19. The van der Waals surface area contributed by atoms with Gasteiger partial charge in [-0.15, -0.1) is 36.2 Å². The number of likely N-dealkylation sites (tertiary alicyclic amines) is 1. The molecular weight excluding hydrogens is 305 g/mol. The highest BCUT2D eigenvalue weighted by atomic mass is 35.5. The van der Waals surface area contributed by atoms with E-state index in [0.29, 0.717) is 17.5 Å². The van der Waals surface area contributed by atoms with Gasteiger partial charge in [0, 0.05) is 24.5 Å². The maximum atomic E-state index is 12.2. The van der Waals surface area contributed by atoms with Crippen molar-refractivity contribution in [3.05, 3.63) is 16.6 Å². The van der Waals surface area contributed by atoms with Crippen molar-refractivity contribution in [3.63, 3.8) is 0 Å². The van der Waals surface area contributed by atoms with Gasteiger partial charge in [-0.1, -0.05) is 6.42 Å². The van der Waals surface area contributed by atoms with Crippen LogP contribution in [-0.2, 0) is 0 Å².